The van der Waals surface area contributed by atoms with Gasteiger partial charge in [0.2, 0.25) is 0 Å². The molecule has 0 saturated heterocycles. The van der Waals surface area contributed by atoms with Gasteiger partial charge in [-0.05, 0) is 71.3 Å². The van der Waals surface area contributed by atoms with Crippen molar-refractivity contribution in [1.29, 1.82) is 0 Å². The van der Waals surface area contributed by atoms with Gasteiger partial charge >= 0.3 is 0 Å². The molecule has 0 radical (unpaired) electrons. The van der Waals surface area contributed by atoms with E-state index in [-0.39, 0.29) is 6.04 Å². The molecule has 2 N–H and O–H groups in total. The van der Waals surface area contributed by atoms with Gasteiger partial charge in [-0.1, -0.05) is 30.7 Å². The highest BCUT2D eigenvalue weighted by Gasteiger charge is 2.07. The number of nitrogens with two attached hydrogens (primary N) is 1. The van der Waals surface area contributed by atoms with E-state index in [0.717, 1.165) is 27.7 Å². The van der Waals surface area contributed by atoms with Gasteiger partial charge in [-0.3, -0.25) is 0 Å². The Kier molecular flexibility index (Phi) is 5.69. The minimum atomic E-state index is 0.175. The molecule has 0 bridgehead atoms. The first kappa shape index (κ1) is 15.6. The maximum absolute atomic E-state index is 6.28. The van der Waals surface area contributed by atoms with E-state index in [1.165, 1.54) is 0 Å². The van der Waals surface area contributed by atoms with E-state index in [1.54, 1.807) is 0 Å². The summed E-state index contributed by atoms with van der Waals surface area (Å²) in [4.78, 5) is 0. The first-order valence-corrected chi connectivity index (χ1v) is 8.01. The van der Waals surface area contributed by atoms with Crippen LogP contribution in [0.1, 0.15) is 18.9 Å². The van der Waals surface area contributed by atoms with Gasteiger partial charge in [0.25, 0.3) is 0 Å². The second kappa shape index (κ2) is 7.29. The Morgan fingerprint density at radius 1 is 1.25 bits per heavy atom. The second-order valence-electron chi connectivity index (χ2n) is 4.70. The summed E-state index contributed by atoms with van der Waals surface area (Å²) in [7, 11) is 0. The van der Waals surface area contributed by atoms with Gasteiger partial charge < -0.3 is 10.5 Å². The lowest BCUT2D eigenvalue weighted by molar-refractivity contribution is 0.482. The van der Waals surface area contributed by atoms with Crippen molar-refractivity contribution in [1.82, 2.24) is 0 Å². The fraction of sp³-hybridized carbons (Fsp3) is 0.250. The van der Waals surface area contributed by atoms with E-state index in [9.17, 15) is 0 Å². The molecule has 2 nitrogen and oxygen atoms in total. The zero-order valence-electron chi connectivity index (χ0n) is 11.3. The number of hydrogen-bond donors (Lipinski definition) is 1. The molecule has 0 spiro atoms. The van der Waals surface area contributed by atoms with Gasteiger partial charge in [0.1, 0.15) is 11.5 Å². The first-order valence-electron chi connectivity index (χ1n) is 6.56. The Balaban J connectivity index is 2.13. The lowest BCUT2D eigenvalue weighted by Gasteiger charge is -2.12. The van der Waals surface area contributed by atoms with Gasteiger partial charge in [0, 0.05) is 9.61 Å². The molecule has 2 aromatic carbocycles. The number of hydrogen-bond acceptors (Lipinski definition) is 2. The molecule has 20 heavy (non-hydrogen) atoms. The van der Waals surface area contributed by atoms with Crippen LogP contribution in [0, 0.1) is 3.57 Å². The van der Waals surface area contributed by atoms with E-state index in [1.807, 2.05) is 42.5 Å². The van der Waals surface area contributed by atoms with Crippen molar-refractivity contribution in [2.24, 2.45) is 5.73 Å². The zero-order valence-corrected chi connectivity index (χ0v) is 14.2. The predicted octanol–water partition coefficient (Wildman–Crippen LogP) is 5.02. The number of rotatable bonds is 5. The molecule has 0 amide bonds. The van der Waals surface area contributed by atoms with Gasteiger partial charge in [0.15, 0.2) is 0 Å². The van der Waals surface area contributed by atoms with Crippen LogP contribution in [0.3, 0.4) is 0 Å². The lowest BCUT2D eigenvalue weighted by atomic mass is 10.0. The SMILES string of the molecule is CCC(N)Cc1ccc(Oc2cccc(I)c2)c(Cl)c1. The Labute approximate surface area is 138 Å². The fourth-order valence-electron chi connectivity index (χ4n) is 1.86. The molecule has 1 unspecified atom stereocenters. The summed E-state index contributed by atoms with van der Waals surface area (Å²) in [6.45, 7) is 2.08. The fourth-order valence-corrected chi connectivity index (χ4v) is 2.61. The van der Waals surface area contributed by atoms with E-state index in [0.29, 0.717) is 10.8 Å². The largest absolute Gasteiger partial charge is 0.456 e. The van der Waals surface area contributed by atoms with Crippen molar-refractivity contribution in [2.45, 2.75) is 25.8 Å². The van der Waals surface area contributed by atoms with Crippen molar-refractivity contribution in [3.63, 3.8) is 0 Å². The smallest absolute Gasteiger partial charge is 0.146 e. The summed E-state index contributed by atoms with van der Waals surface area (Å²) in [5.41, 5.74) is 7.10. The minimum absolute atomic E-state index is 0.175. The third-order valence-corrected chi connectivity index (χ3v) is 4.01. The quantitative estimate of drug-likeness (QED) is 0.714. The summed E-state index contributed by atoms with van der Waals surface area (Å²) in [5.74, 6) is 1.46. The molecule has 0 saturated carbocycles. The van der Waals surface area contributed by atoms with E-state index < -0.39 is 0 Å². The molecule has 0 aliphatic carbocycles. The molecule has 1 atom stereocenters. The van der Waals surface area contributed by atoms with Gasteiger partial charge in [0.05, 0.1) is 5.02 Å². The number of ether oxygens (including phenoxy) is 1. The van der Waals surface area contributed by atoms with Crippen LogP contribution in [0.4, 0.5) is 0 Å². The Morgan fingerprint density at radius 2 is 2.05 bits per heavy atom. The summed E-state index contributed by atoms with van der Waals surface area (Å²) in [6.07, 6.45) is 1.79. The van der Waals surface area contributed by atoms with Crippen LogP contribution in [0.2, 0.25) is 5.02 Å². The maximum atomic E-state index is 6.28. The monoisotopic (exact) mass is 401 g/mol. The number of halogens is 2. The van der Waals surface area contributed by atoms with Crippen LogP contribution in [-0.2, 0) is 6.42 Å². The van der Waals surface area contributed by atoms with E-state index in [4.69, 9.17) is 22.1 Å². The van der Waals surface area contributed by atoms with Crippen molar-refractivity contribution < 1.29 is 4.74 Å². The van der Waals surface area contributed by atoms with Crippen LogP contribution in [0.25, 0.3) is 0 Å². The molecule has 106 valence electrons. The highest BCUT2D eigenvalue weighted by molar-refractivity contribution is 14.1. The summed E-state index contributed by atoms with van der Waals surface area (Å²) in [5, 5.41) is 0.615. The van der Waals surface area contributed by atoms with Crippen molar-refractivity contribution in [3.8, 4) is 11.5 Å². The van der Waals surface area contributed by atoms with Crippen LogP contribution in [0.15, 0.2) is 42.5 Å². The Bertz CT molecular complexity index is 588. The van der Waals surface area contributed by atoms with Gasteiger partial charge in [-0.2, -0.15) is 0 Å². The summed E-state index contributed by atoms with van der Waals surface area (Å²) < 4.78 is 6.93. The van der Waals surface area contributed by atoms with Crippen molar-refractivity contribution >= 4 is 34.2 Å². The molecule has 0 aromatic heterocycles. The van der Waals surface area contributed by atoms with Crippen molar-refractivity contribution in [3.05, 3.63) is 56.6 Å². The molecule has 0 fully saturated rings. The third-order valence-electron chi connectivity index (χ3n) is 3.04. The van der Waals surface area contributed by atoms with Crippen LogP contribution in [0.5, 0.6) is 11.5 Å². The molecule has 2 aromatic rings. The first-order chi connectivity index (χ1) is 9.58. The predicted molar refractivity (Wildman–Crippen MR) is 92.7 cm³/mol. The van der Waals surface area contributed by atoms with Gasteiger partial charge in [-0.15, -0.1) is 0 Å². The standard InChI is InChI=1S/C16H17ClINO/c1-2-13(19)8-11-6-7-16(15(17)9-11)20-14-5-3-4-12(18)10-14/h3-7,9-10,13H,2,8,19H2,1H3. The molecular weight excluding hydrogens is 385 g/mol. The average Bonchev–Trinajstić information content (AvgIpc) is 2.42. The molecule has 0 heterocycles. The maximum Gasteiger partial charge on any atom is 0.146 e. The molecular formula is C16H17ClINO. The van der Waals surface area contributed by atoms with E-state index >= 15 is 0 Å². The zero-order chi connectivity index (χ0) is 14.5. The van der Waals surface area contributed by atoms with E-state index in [2.05, 4.69) is 29.5 Å². The van der Waals surface area contributed by atoms with Gasteiger partial charge in [-0.25, -0.2) is 0 Å². The summed E-state index contributed by atoms with van der Waals surface area (Å²) in [6, 6.07) is 13.9. The lowest BCUT2D eigenvalue weighted by Crippen LogP contribution is -2.21. The van der Waals surface area contributed by atoms with Crippen LogP contribution < -0.4 is 10.5 Å². The normalized spacial score (nSPS) is 12.2. The third kappa shape index (κ3) is 4.36. The molecule has 0 aliphatic rings. The summed E-state index contributed by atoms with van der Waals surface area (Å²) >= 11 is 8.53. The molecule has 2 rings (SSSR count). The molecule has 0 aliphatic heterocycles. The number of benzene rings is 2. The van der Waals surface area contributed by atoms with Crippen LogP contribution >= 0.6 is 34.2 Å². The topological polar surface area (TPSA) is 35.2 Å². The Hall–Kier alpha value is -0.780. The minimum Gasteiger partial charge on any atom is -0.456 e. The van der Waals surface area contributed by atoms with Crippen molar-refractivity contribution in [2.75, 3.05) is 0 Å². The Morgan fingerprint density at radius 3 is 2.70 bits per heavy atom. The second-order valence-corrected chi connectivity index (χ2v) is 6.35. The average molecular weight is 402 g/mol. The highest BCUT2D eigenvalue weighted by atomic mass is 127. The molecule has 4 heteroatoms. The highest BCUT2D eigenvalue weighted by Crippen LogP contribution is 2.31. The van der Waals surface area contributed by atoms with Crippen LogP contribution in [-0.4, -0.2) is 6.04 Å².